The maximum absolute atomic E-state index is 12.6. The van der Waals surface area contributed by atoms with Crippen molar-refractivity contribution in [2.75, 3.05) is 26.8 Å². The fourth-order valence-corrected chi connectivity index (χ4v) is 3.38. The summed E-state index contributed by atoms with van der Waals surface area (Å²) in [5.74, 6) is 0. The van der Waals surface area contributed by atoms with Gasteiger partial charge in [-0.3, -0.25) is 0 Å². The first-order valence-corrected chi connectivity index (χ1v) is 8.27. The largest absolute Gasteiger partial charge is 0.380 e. The number of likely N-dealkylation sites (N-methyl/N-ethyl adjacent to an activating group) is 1. The molecular formula is C14H24N2O3S. The van der Waals surface area contributed by atoms with E-state index in [2.05, 4.69) is 0 Å². The molecule has 0 spiro atoms. The summed E-state index contributed by atoms with van der Waals surface area (Å²) in [5.41, 5.74) is 7.23. The van der Waals surface area contributed by atoms with Gasteiger partial charge in [0.2, 0.25) is 10.0 Å². The predicted octanol–water partition coefficient (Wildman–Crippen LogP) is 1.36. The number of rotatable bonds is 8. The Morgan fingerprint density at radius 3 is 2.55 bits per heavy atom. The smallest absolute Gasteiger partial charge is 0.243 e. The molecule has 1 aromatic rings. The average molecular weight is 300 g/mol. The lowest BCUT2D eigenvalue weighted by Gasteiger charge is -2.19. The second-order valence-corrected chi connectivity index (χ2v) is 6.54. The number of nitrogens with zero attached hydrogens (tertiary/aromatic N) is 1. The van der Waals surface area contributed by atoms with Crippen molar-refractivity contribution in [3.8, 4) is 0 Å². The highest BCUT2D eigenvalue weighted by molar-refractivity contribution is 7.89. The molecule has 0 fully saturated rings. The van der Waals surface area contributed by atoms with E-state index < -0.39 is 10.0 Å². The Labute approximate surface area is 121 Å². The quantitative estimate of drug-likeness (QED) is 0.736. The first-order chi connectivity index (χ1) is 9.47. The van der Waals surface area contributed by atoms with Crippen LogP contribution in [0.15, 0.2) is 23.1 Å². The van der Waals surface area contributed by atoms with Crippen molar-refractivity contribution < 1.29 is 13.2 Å². The van der Waals surface area contributed by atoms with Gasteiger partial charge in [0.25, 0.3) is 0 Å². The van der Waals surface area contributed by atoms with Crippen molar-refractivity contribution in [2.45, 2.75) is 31.7 Å². The van der Waals surface area contributed by atoms with Crippen LogP contribution in [0, 0.1) is 0 Å². The van der Waals surface area contributed by atoms with Gasteiger partial charge >= 0.3 is 0 Å². The SMILES string of the molecule is CCOCCN(C)S(=O)(=O)c1cc(CN)ccc1CC. The predicted molar refractivity (Wildman–Crippen MR) is 80.0 cm³/mol. The van der Waals surface area contributed by atoms with E-state index in [9.17, 15) is 8.42 Å². The second kappa shape index (κ2) is 7.73. The van der Waals surface area contributed by atoms with Gasteiger partial charge < -0.3 is 10.5 Å². The summed E-state index contributed by atoms with van der Waals surface area (Å²) in [6, 6.07) is 5.38. The molecule has 5 nitrogen and oxygen atoms in total. The molecule has 0 heterocycles. The molecular weight excluding hydrogens is 276 g/mol. The normalized spacial score (nSPS) is 12.1. The molecule has 0 radical (unpaired) electrons. The molecule has 0 amide bonds. The minimum atomic E-state index is -3.50. The lowest BCUT2D eigenvalue weighted by molar-refractivity contribution is 0.138. The molecule has 0 aromatic heterocycles. The molecule has 0 unspecified atom stereocenters. The molecule has 6 heteroatoms. The lowest BCUT2D eigenvalue weighted by atomic mass is 10.1. The first kappa shape index (κ1) is 17.1. The van der Waals surface area contributed by atoms with E-state index in [4.69, 9.17) is 10.5 Å². The van der Waals surface area contributed by atoms with E-state index in [0.717, 1.165) is 11.1 Å². The van der Waals surface area contributed by atoms with E-state index in [-0.39, 0.29) is 0 Å². The number of sulfonamides is 1. The third-order valence-electron chi connectivity index (χ3n) is 3.19. The number of benzene rings is 1. The van der Waals surface area contributed by atoms with Crippen LogP contribution in [0.1, 0.15) is 25.0 Å². The second-order valence-electron chi connectivity index (χ2n) is 4.52. The van der Waals surface area contributed by atoms with Crippen LogP contribution in [0.5, 0.6) is 0 Å². The summed E-state index contributed by atoms with van der Waals surface area (Å²) >= 11 is 0. The van der Waals surface area contributed by atoms with Gasteiger partial charge in [-0.15, -0.1) is 0 Å². The Morgan fingerprint density at radius 1 is 1.30 bits per heavy atom. The molecule has 0 bridgehead atoms. The molecule has 0 saturated carbocycles. The van der Waals surface area contributed by atoms with Crippen molar-refractivity contribution in [1.29, 1.82) is 0 Å². The number of nitrogens with two attached hydrogens (primary N) is 1. The molecule has 1 rings (SSSR count). The zero-order valence-electron chi connectivity index (χ0n) is 12.4. The molecule has 0 atom stereocenters. The highest BCUT2D eigenvalue weighted by Crippen LogP contribution is 2.21. The molecule has 0 aliphatic rings. The van der Waals surface area contributed by atoms with E-state index >= 15 is 0 Å². The summed E-state index contributed by atoms with van der Waals surface area (Å²) in [7, 11) is -1.92. The van der Waals surface area contributed by atoms with E-state index in [1.807, 2.05) is 26.0 Å². The van der Waals surface area contributed by atoms with Crippen molar-refractivity contribution in [1.82, 2.24) is 4.31 Å². The summed E-state index contributed by atoms with van der Waals surface area (Å²) < 4.78 is 31.7. The van der Waals surface area contributed by atoms with Gasteiger partial charge in [-0.05, 0) is 30.5 Å². The van der Waals surface area contributed by atoms with Crippen molar-refractivity contribution >= 4 is 10.0 Å². The maximum Gasteiger partial charge on any atom is 0.243 e. The molecule has 1 aromatic carbocycles. The number of aryl methyl sites for hydroxylation is 1. The standard InChI is InChI=1S/C14H24N2O3S/c1-4-13-7-6-12(11-15)10-14(13)20(17,18)16(3)8-9-19-5-2/h6-7,10H,4-5,8-9,11,15H2,1-3H3. The van der Waals surface area contributed by atoms with Crippen LogP contribution in [-0.4, -0.2) is 39.5 Å². The Balaban J connectivity index is 3.06. The Kier molecular flexibility index (Phi) is 6.61. The topological polar surface area (TPSA) is 72.6 Å². The van der Waals surface area contributed by atoms with Gasteiger partial charge in [0.15, 0.2) is 0 Å². The fourth-order valence-electron chi connectivity index (χ4n) is 1.88. The van der Waals surface area contributed by atoms with Crippen LogP contribution in [0.4, 0.5) is 0 Å². The van der Waals surface area contributed by atoms with Gasteiger partial charge in [0.1, 0.15) is 0 Å². The van der Waals surface area contributed by atoms with Crippen molar-refractivity contribution in [2.24, 2.45) is 5.73 Å². The summed E-state index contributed by atoms with van der Waals surface area (Å²) in [6.07, 6.45) is 0.665. The van der Waals surface area contributed by atoms with Gasteiger partial charge in [-0.25, -0.2) is 8.42 Å². The van der Waals surface area contributed by atoms with E-state index in [1.54, 1.807) is 13.1 Å². The van der Waals surface area contributed by atoms with Gasteiger partial charge in [0, 0.05) is 26.7 Å². The molecule has 0 aliphatic heterocycles. The van der Waals surface area contributed by atoms with Crippen LogP contribution in [0.25, 0.3) is 0 Å². The molecule has 2 N–H and O–H groups in total. The summed E-state index contributed by atoms with van der Waals surface area (Å²) in [4.78, 5) is 0.349. The van der Waals surface area contributed by atoms with Crippen molar-refractivity contribution in [3.63, 3.8) is 0 Å². The highest BCUT2D eigenvalue weighted by atomic mass is 32.2. The zero-order valence-corrected chi connectivity index (χ0v) is 13.2. The molecule has 114 valence electrons. The average Bonchev–Trinajstić information content (AvgIpc) is 2.46. The van der Waals surface area contributed by atoms with E-state index in [0.29, 0.717) is 37.6 Å². The van der Waals surface area contributed by atoms with Crippen LogP contribution in [-0.2, 0) is 27.7 Å². The number of ether oxygens (including phenoxy) is 1. The van der Waals surface area contributed by atoms with Crippen LogP contribution >= 0.6 is 0 Å². The Bertz CT molecular complexity index is 529. The highest BCUT2D eigenvalue weighted by Gasteiger charge is 2.23. The Morgan fingerprint density at radius 2 is 2.00 bits per heavy atom. The summed E-state index contributed by atoms with van der Waals surface area (Å²) in [5, 5.41) is 0. The summed E-state index contributed by atoms with van der Waals surface area (Å²) in [6.45, 7) is 5.47. The fraction of sp³-hybridized carbons (Fsp3) is 0.571. The maximum atomic E-state index is 12.6. The molecule has 0 aliphatic carbocycles. The van der Waals surface area contributed by atoms with Crippen LogP contribution in [0.2, 0.25) is 0 Å². The van der Waals surface area contributed by atoms with Gasteiger partial charge in [-0.1, -0.05) is 19.1 Å². The van der Waals surface area contributed by atoms with Gasteiger partial charge in [0.05, 0.1) is 11.5 Å². The monoisotopic (exact) mass is 300 g/mol. The molecule has 0 saturated heterocycles. The minimum absolute atomic E-state index is 0.329. The Hall–Kier alpha value is -0.950. The third-order valence-corrected chi connectivity index (χ3v) is 5.13. The zero-order chi connectivity index (χ0) is 15.2. The lowest BCUT2D eigenvalue weighted by Crippen LogP contribution is -2.31. The third kappa shape index (κ3) is 4.02. The number of hydrogen-bond donors (Lipinski definition) is 1. The molecule has 20 heavy (non-hydrogen) atoms. The van der Waals surface area contributed by atoms with Crippen LogP contribution < -0.4 is 5.73 Å². The van der Waals surface area contributed by atoms with Crippen molar-refractivity contribution in [3.05, 3.63) is 29.3 Å². The first-order valence-electron chi connectivity index (χ1n) is 6.83. The minimum Gasteiger partial charge on any atom is -0.380 e. The van der Waals surface area contributed by atoms with Gasteiger partial charge in [-0.2, -0.15) is 4.31 Å². The number of hydrogen-bond acceptors (Lipinski definition) is 4. The van der Waals surface area contributed by atoms with Crippen LogP contribution in [0.3, 0.4) is 0 Å². The van der Waals surface area contributed by atoms with E-state index in [1.165, 1.54) is 4.31 Å².